The second-order valence-corrected chi connectivity index (χ2v) is 7.50. The minimum Gasteiger partial charge on any atom is -0.490 e. The number of ether oxygens (including phenoxy) is 2. The Hall–Kier alpha value is -2.22. The molecule has 1 unspecified atom stereocenters. The molecule has 0 radical (unpaired) electrons. The topological polar surface area (TPSA) is 44.2 Å². The summed E-state index contributed by atoms with van der Waals surface area (Å²) in [6.07, 6.45) is 6.00. The van der Waals surface area contributed by atoms with Crippen LogP contribution in [0.4, 0.5) is 17.6 Å². The van der Waals surface area contributed by atoms with Crippen LogP contribution >= 0.6 is 0 Å². The van der Waals surface area contributed by atoms with Crippen molar-refractivity contribution in [1.29, 1.82) is 0 Å². The molecule has 0 saturated carbocycles. The normalized spacial score (nSPS) is 12.7. The zero-order valence-electron chi connectivity index (χ0n) is 17.8. The Labute approximate surface area is 181 Å². The molecule has 0 saturated heterocycles. The van der Waals surface area contributed by atoms with Gasteiger partial charge < -0.3 is 9.47 Å². The van der Waals surface area contributed by atoms with Gasteiger partial charge in [-0.25, -0.2) is 14.4 Å². The number of rotatable bonds is 14. The van der Waals surface area contributed by atoms with E-state index < -0.39 is 25.6 Å². The zero-order chi connectivity index (χ0) is 22.5. The van der Waals surface area contributed by atoms with E-state index in [0.717, 1.165) is 24.0 Å². The number of alkyl halides is 4. The molecule has 2 rings (SSSR count). The van der Waals surface area contributed by atoms with Gasteiger partial charge in [0.15, 0.2) is 12.0 Å². The molecule has 4 nitrogen and oxygen atoms in total. The molecule has 31 heavy (non-hydrogen) atoms. The van der Waals surface area contributed by atoms with E-state index in [0.29, 0.717) is 11.6 Å². The van der Waals surface area contributed by atoms with Crippen molar-refractivity contribution >= 4 is 0 Å². The summed E-state index contributed by atoms with van der Waals surface area (Å²) in [6.45, 7) is -0.321. The largest absolute Gasteiger partial charge is 0.490 e. The van der Waals surface area contributed by atoms with Crippen LogP contribution in [0.25, 0.3) is 11.4 Å². The van der Waals surface area contributed by atoms with Gasteiger partial charge in [0.25, 0.3) is 0 Å². The number of hydrogen-bond acceptors (Lipinski definition) is 4. The zero-order valence-corrected chi connectivity index (χ0v) is 17.8. The second kappa shape index (κ2) is 13.2. The molecule has 1 aromatic carbocycles. The van der Waals surface area contributed by atoms with Gasteiger partial charge in [0.05, 0.1) is 6.61 Å². The highest BCUT2D eigenvalue weighted by atomic mass is 19.4. The molecule has 172 valence electrons. The van der Waals surface area contributed by atoms with Crippen molar-refractivity contribution in [3.63, 3.8) is 0 Å². The molecule has 0 aliphatic carbocycles. The van der Waals surface area contributed by atoms with Crippen molar-refractivity contribution in [2.45, 2.75) is 64.2 Å². The van der Waals surface area contributed by atoms with Crippen molar-refractivity contribution in [1.82, 2.24) is 9.97 Å². The fraction of sp³-hybridized carbons (Fsp3) is 0.565. The van der Waals surface area contributed by atoms with E-state index >= 15 is 0 Å². The number of benzene rings is 1. The third-order valence-electron chi connectivity index (χ3n) is 4.63. The van der Waals surface area contributed by atoms with Gasteiger partial charge in [0.1, 0.15) is 19.0 Å². The van der Waals surface area contributed by atoms with E-state index in [1.807, 2.05) is 12.4 Å². The first-order chi connectivity index (χ1) is 14.9. The van der Waals surface area contributed by atoms with Crippen LogP contribution in [0, 0.1) is 0 Å². The SMILES string of the molecule is CCCCCCCCc1cnc(-c2ccc(OCC(F)COCC(F)(F)F)cc2)nc1. The van der Waals surface area contributed by atoms with Gasteiger partial charge in [0.2, 0.25) is 0 Å². The number of halogens is 4. The van der Waals surface area contributed by atoms with E-state index in [1.54, 1.807) is 24.3 Å². The Bertz CT molecular complexity index is 737. The maximum absolute atomic E-state index is 13.6. The van der Waals surface area contributed by atoms with E-state index in [9.17, 15) is 17.6 Å². The van der Waals surface area contributed by atoms with Gasteiger partial charge in [-0.05, 0) is 42.7 Å². The van der Waals surface area contributed by atoms with Crippen LogP contribution in [0.15, 0.2) is 36.7 Å². The molecular weight excluding hydrogens is 412 g/mol. The lowest BCUT2D eigenvalue weighted by Gasteiger charge is -2.12. The monoisotopic (exact) mass is 442 g/mol. The maximum atomic E-state index is 13.6. The molecule has 0 fully saturated rings. The Morgan fingerprint density at radius 3 is 2.19 bits per heavy atom. The van der Waals surface area contributed by atoms with E-state index in [1.165, 1.54) is 32.1 Å². The molecule has 1 atom stereocenters. The Balaban J connectivity index is 1.73. The quantitative estimate of drug-likeness (QED) is 0.253. The van der Waals surface area contributed by atoms with Crippen LogP contribution in [0.1, 0.15) is 51.0 Å². The molecular formula is C23H30F4N2O2. The van der Waals surface area contributed by atoms with Crippen LogP contribution in [0.3, 0.4) is 0 Å². The molecule has 0 aliphatic heterocycles. The average molecular weight is 442 g/mol. The van der Waals surface area contributed by atoms with Crippen LogP contribution in [0.5, 0.6) is 5.75 Å². The first-order valence-electron chi connectivity index (χ1n) is 10.7. The summed E-state index contributed by atoms with van der Waals surface area (Å²) in [6, 6.07) is 6.80. The number of aryl methyl sites for hydroxylation is 1. The molecule has 0 amide bonds. The Morgan fingerprint density at radius 1 is 0.903 bits per heavy atom. The predicted octanol–water partition coefficient (Wildman–Crippen LogP) is 6.34. The predicted molar refractivity (Wildman–Crippen MR) is 112 cm³/mol. The van der Waals surface area contributed by atoms with Gasteiger partial charge in [-0.3, -0.25) is 0 Å². The van der Waals surface area contributed by atoms with Crippen molar-refractivity contribution < 1.29 is 27.0 Å². The lowest BCUT2D eigenvalue weighted by atomic mass is 10.1. The molecule has 8 heteroatoms. The van der Waals surface area contributed by atoms with Crippen molar-refractivity contribution in [3.8, 4) is 17.1 Å². The lowest BCUT2D eigenvalue weighted by Crippen LogP contribution is -2.24. The molecule has 0 N–H and O–H groups in total. The van der Waals surface area contributed by atoms with E-state index in [2.05, 4.69) is 21.6 Å². The van der Waals surface area contributed by atoms with E-state index in [4.69, 9.17) is 4.74 Å². The van der Waals surface area contributed by atoms with E-state index in [-0.39, 0.29) is 6.61 Å². The van der Waals surface area contributed by atoms with Gasteiger partial charge in [-0.15, -0.1) is 0 Å². The van der Waals surface area contributed by atoms with Crippen LogP contribution in [0.2, 0.25) is 0 Å². The Morgan fingerprint density at radius 2 is 1.55 bits per heavy atom. The van der Waals surface area contributed by atoms with Gasteiger partial charge >= 0.3 is 6.18 Å². The summed E-state index contributed by atoms with van der Waals surface area (Å²) in [5.74, 6) is 0.990. The summed E-state index contributed by atoms with van der Waals surface area (Å²) >= 11 is 0. The van der Waals surface area contributed by atoms with Gasteiger partial charge in [-0.2, -0.15) is 13.2 Å². The van der Waals surface area contributed by atoms with Crippen LogP contribution in [-0.2, 0) is 11.2 Å². The second-order valence-electron chi connectivity index (χ2n) is 7.50. The summed E-state index contributed by atoms with van der Waals surface area (Å²) in [5.41, 5.74) is 1.91. The van der Waals surface area contributed by atoms with Crippen LogP contribution in [-0.4, -0.2) is 42.1 Å². The highest BCUT2D eigenvalue weighted by molar-refractivity contribution is 5.55. The highest BCUT2D eigenvalue weighted by Crippen LogP contribution is 2.20. The van der Waals surface area contributed by atoms with Crippen molar-refractivity contribution in [2.24, 2.45) is 0 Å². The summed E-state index contributed by atoms with van der Waals surface area (Å²) in [5, 5.41) is 0. The molecule has 0 aliphatic rings. The fourth-order valence-electron chi connectivity index (χ4n) is 2.98. The van der Waals surface area contributed by atoms with Gasteiger partial charge in [-0.1, -0.05) is 39.0 Å². The number of aromatic nitrogens is 2. The molecule has 0 spiro atoms. The summed E-state index contributed by atoms with van der Waals surface area (Å²) in [4.78, 5) is 8.83. The van der Waals surface area contributed by atoms with Crippen LogP contribution < -0.4 is 4.74 Å². The third-order valence-corrected chi connectivity index (χ3v) is 4.63. The Kier molecular flexibility index (Phi) is 10.7. The number of hydrogen-bond donors (Lipinski definition) is 0. The smallest absolute Gasteiger partial charge is 0.411 e. The highest BCUT2D eigenvalue weighted by Gasteiger charge is 2.28. The number of unbranched alkanes of at least 4 members (excludes halogenated alkanes) is 5. The average Bonchev–Trinajstić information content (AvgIpc) is 2.75. The first-order valence-corrected chi connectivity index (χ1v) is 10.7. The van der Waals surface area contributed by atoms with Crippen molar-refractivity contribution in [2.75, 3.05) is 19.8 Å². The summed E-state index contributed by atoms with van der Waals surface area (Å²) in [7, 11) is 0. The molecule has 2 aromatic rings. The number of nitrogens with zero attached hydrogens (tertiary/aromatic N) is 2. The standard InChI is InChI=1S/C23H30F4N2O2/c1-2-3-4-5-6-7-8-18-13-28-22(29-14-18)19-9-11-21(12-10-19)31-16-20(24)15-30-17-23(25,26)27/h9-14,20H,2-8,15-17H2,1H3. The minimum atomic E-state index is -4.47. The first kappa shape index (κ1) is 25.0. The van der Waals surface area contributed by atoms with Crippen molar-refractivity contribution in [3.05, 3.63) is 42.2 Å². The molecule has 1 aromatic heterocycles. The third kappa shape index (κ3) is 10.6. The minimum absolute atomic E-state index is 0.388. The molecule has 1 heterocycles. The summed E-state index contributed by atoms with van der Waals surface area (Å²) < 4.78 is 59.0. The van der Waals surface area contributed by atoms with Gasteiger partial charge in [0, 0.05) is 18.0 Å². The molecule has 0 bridgehead atoms. The lowest BCUT2D eigenvalue weighted by molar-refractivity contribution is -0.177. The maximum Gasteiger partial charge on any atom is 0.411 e. The fourth-order valence-corrected chi connectivity index (χ4v) is 2.98.